The van der Waals surface area contributed by atoms with Gasteiger partial charge in [-0.2, -0.15) is 4.31 Å². The summed E-state index contributed by atoms with van der Waals surface area (Å²) in [6.07, 6.45) is 5.06. The van der Waals surface area contributed by atoms with Gasteiger partial charge in [-0.15, -0.1) is 6.58 Å². The molecule has 0 saturated heterocycles. The van der Waals surface area contributed by atoms with Crippen LogP contribution in [0.25, 0.3) is 6.08 Å². The average Bonchev–Trinajstić information content (AvgIpc) is 2.56. The van der Waals surface area contributed by atoms with Gasteiger partial charge in [-0.1, -0.05) is 48.1 Å². The summed E-state index contributed by atoms with van der Waals surface area (Å²) in [5.74, 6) is -0.303. The van der Waals surface area contributed by atoms with Gasteiger partial charge in [0.05, 0.1) is 4.90 Å². The van der Waals surface area contributed by atoms with Crippen LogP contribution in [0, 0.1) is 12.7 Å². The van der Waals surface area contributed by atoms with Crippen molar-refractivity contribution in [3.8, 4) is 0 Å². The monoisotopic (exact) mass is 345 g/mol. The van der Waals surface area contributed by atoms with Crippen molar-refractivity contribution in [1.29, 1.82) is 0 Å². The zero-order valence-electron chi connectivity index (χ0n) is 13.5. The lowest BCUT2D eigenvalue weighted by atomic mass is 10.2. The standard InChI is InChI=1S/C19H20FNO2S/c1-3-14-21(15-4-5-17-8-10-18(20)11-9-17)24(22,23)19-12-6-16(2)7-13-19/h3-13H,1,14-15H2,2H3/b5-4+. The van der Waals surface area contributed by atoms with E-state index in [4.69, 9.17) is 0 Å². The van der Waals surface area contributed by atoms with E-state index in [0.717, 1.165) is 11.1 Å². The molecular weight excluding hydrogens is 325 g/mol. The largest absolute Gasteiger partial charge is 0.243 e. The van der Waals surface area contributed by atoms with Gasteiger partial charge in [0, 0.05) is 13.1 Å². The van der Waals surface area contributed by atoms with Gasteiger partial charge in [0.1, 0.15) is 5.82 Å². The predicted molar refractivity (Wildman–Crippen MR) is 95.6 cm³/mol. The topological polar surface area (TPSA) is 37.4 Å². The molecule has 2 aromatic rings. The fourth-order valence-electron chi connectivity index (χ4n) is 2.15. The third-order valence-corrected chi connectivity index (χ3v) is 5.33. The van der Waals surface area contributed by atoms with Crippen LogP contribution in [-0.2, 0) is 10.0 Å². The second kappa shape index (κ2) is 8.04. The molecule has 0 unspecified atom stereocenters. The normalized spacial score (nSPS) is 12.0. The lowest BCUT2D eigenvalue weighted by molar-refractivity contribution is 0.474. The van der Waals surface area contributed by atoms with Gasteiger partial charge in [0.15, 0.2) is 0 Å². The molecule has 0 aromatic heterocycles. The Morgan fingerprint density at radius 3 is 2.25 bits per heavy atom. The fraction of sp³-hybridized carbons (Fsp3) is 0.158. The van der Waals surface area contributed by atoms with Gasteiger partial charge in [0.25, 0.3) is 0 Å². The Hall–Kier alpha value is -2.24. The summed E-state index contributed by atoms with van der Waals surface area (Å²) in [6.45, 7) is 5.95. The molecule has 0 aliphatic rings. The van der Waals surface area contributed by atoms with Crippen molar-refractivity contribution >= 4 is 16.1 Å². The molecule has 0 aliphatic carbocycles. The first kappa shape index (κ1) is 18.1. The van der Waals surface area contributed by atoms with E-state index < -0.39 is 10.0 Å². The van der Waals surface area contributed by atoms with Crippen LogP contribution in [-0.4, -0.2) is 25.8 Å². The molecule has 0 amide bonds. The molecule has 0 heterocycles. The van der Waals surface area contributed by atoms with E-state index in [1.807, 2.05) is 6.92 Å². The van der Waals surface area contributed by atoms with Crippen molar-refractivity contribution in [3.63, 3.8) is 0 Å². The summed E-state index contributed by atoms with van der Waals surface area (Å²) >= 11 is 0. The van der Waals surface area contributed by atoms with Crippen LogP contribution in [0.15, 0.2) is 72.2 Å². The molecule has 0 bridgehead atoms. The highest BCUT2D eigenvalue weighted by Gasteiger charge is 2.22. The minimum Gasteiger partial charge on any atom is -0.207 e. The zero-order chi connectivity index (χ0) is 17.6. The quantitative estimate of drug-likeness (QED) is 0.711. The summed E-state index contributed by atoms with van der Waals surface area (Å²) < 4.78 is 39.7. The molecule has 0 aliphatic heterocycles. The van der Waals surface area contributed by atoms with E-state index in [9.17, 15) is 12.8 Å². The number of rotatable bonds is 7. The van der Waals surface area contributed by atoms with Gasteiger partial charge in [-0.25, -0.2) is 12.8 Å². The maximum atomic E-state index is 12.9. The highest BCUT2D eigenvalue weighted by molar-refractivity contribution is 7.89. The molecule has 126 valence electrons. The smallest absolute Gasteiger partial charge is 0.207 e. The molecule has 2 rings (SSSR count). The van der Waals surface area contributed by atoms with E-state index in [2.05, 4.69) is 6.58 Å². The van der Waals surface area contributed by atoms with Crippen molar-refractivity contribution < 1.29 is 12.8 Å². The average molecular weight is 345 g/mol. The number of hydrogen-bond donors (Lipinski definition) is 0. The minimum absolute atomic E-state index is 0.208. The van der Waals surface area contributed by atoms with Crippen molar-refractivity contribution in [2.24, 2.45) is 0 Å². The molecule has 0 N–H and O–H groups in total. The van der Waals surface area contributed by atoms with Crippen LogP contribution in [0.5, 0.6) is 0 Å². The van der Waals surface area contributed by atoms with Crippen molar-refractivity contribution in [2.45, 2.75) is 11.8 Å². The summed E-state index contributed by atoms with van der Waals surface area (Å²) in [6, 6.07) is 12.8. The highest BCUT2D eigenvalue weighted by atomic mass is 32.2. The van der Waals surface area contributed by atoms with Gasteiger partial charge in [-0.3, -0.25) is 0 Å². The van der Waals surface area contributed by atoms with Crippen LogP contribution in [0.4, 0.5) is 4.39 Å². The van der Waals surface area contributed by atoms with Crippen LogP contribution < -0.4 is 0 Å². The summed E-state index contributed by atoms with van der Waals surface area (Å²) in [5.41, 5.74) is 1.81. The first-order valence-corrected chi connectivity index (χ1v) is 8.97. The highest BCUT2D eigenvalue weighted by Crippen LogP contribution is 2.16. The number of nitrogens with zero attached hydrogens (tertiary/aromatic N) is 1. The maximum Gasteiger partial charge on any atom is 0.243 e. The number of hydrogen-bond acceptors (Lipinski definition) is 2. The van der Waals surface area contributed by atoms with Gasteiger partial charge < -0.3 is 0 Å². The van der Waals surface area contributed by atoms with E-state index >= 15 is 0 Å². The number of sulfonamides is 1. The third-order valence-electron chi connectivity index (χ3n) is 3.48. The Morgan fingerprint density at radius 2 is 1.67 bits per heavy atom. The Labute approximate surface area is 142 Å². The fourth-order valence-corrected chi connectivity index (χ4v) is 3.52. The van der Waals surface area contributed by atoms with Crippen molar-refractivity contribution in [1.82, 2.24) is 4.31 Å². The van der Waals surface area contributed by atoms with Crippen LogP contribution in [0.2, 0.25) is 0 Å². The maximum absolute atomic E-state index is 12.9. The Balaban J connectivity index is 2.17. The summed E-state index contributed by atoms with van der Waals surface area (Å²) in [7, 11) is -3.59. The van der Waals surface area contributed by atoms with Gasteiger partial charge in [0.2, 0.25) is 10.0 Å². The third kappa shape index (κ3) is 4.63. The summed E-state index contributed by atoms with van der Waals surface area (Å²) in [4.78, 5) is 0.255. The number of halogens is 1. The first-order chi connectivity index (χ1) is 11.4. The van der Waals surface area contributed by atoms with Gasteiger partial charge >= 0.3 is 0 Å². The molecule has 24 heavy (non-hydrogen) atoms. The van der Waals surface area contributed by atoms with Crippen molar-refractivity contribution in [2.75, 3.05) is 13.1 Å². The molecule has 0 radical (unpaired) electrons. The van der Waals surface area contributed by atoms with Crippen LogP contribution >= 0.6 is 0 Å². The number of benzene rings is 2. The van der Waals surface area contributed by atoms with E-state index in [-0.39, 0.29) is 23.8 Å². The minimum atomic E-state index is -3.59. The Bertz CT molecular complexity index is 809. The first-order valence-electron chi connectivity index (χ1n) is 7.53. The van der Waals surface area contributed by atoms with E-state index in [1.54, 1.807) is 54.6 Å². The lowest BCUT2D eigenvalue weighted by Crippen LogP contribution is -2.31. The molecule has 0 atom stereocenters. The lowest BCUT2D eigenvalue weighted by Gasteiger charge is -2.19. The molecule has 3 nitrogen and oxygen atoms in total. The van der Waals surface area contributed by atoms with Crippen LogP contribution in [0.1, 0.15) is 11.1 Å². The second-order valence-corrected chi connectivity index (χ2v) is 7.32. The van der Waals surface area contributed by atoms with Gasteiger partial charge in [-0.05, 0) is 36.8 Å². The SMILES string of the molecule is C=CCN(C/C=C/c1ccc(F)cc1)S(=O)(=O)c1ccc(C)cc1. The molecular formula is C19H20FNO2S. The second-order valence-electron chi connectivity index (χ2n) is 5.38. The molecule has 0 saturated carbocycles. The number of aryl methyl sites for hydroxylation is 1. The molecule has 0 fully saturated rings. The van der Waals surface area contributed by atoms with Crippen LogP contribution in [0.3, 0.4) is 0 Å². The molecule has 5 heteroatoms. The molecule has 0 spiro atoms. The van der Waals surface area contributed by atoms with E-state index in [1.165, 1.54) is 16.4 Å². The van der Waals surface area contributed by atoms with Crippen molar-refractivity contribution in [3.05, 3.63) is 84.2 Å². The Morgan fingerprint density at radius 1 is 1.04 bits per heavy atom. The zero-order valence-corrected chi connectivity index (χ0v) is 14.3. The Kier molecular flexibility index (Phi) is 6.06. The predicted octanol–water partition coefficient (Wildman–Crippen LogP) is 4.02. The summed E-state index contributed by atoms with van der Waals surface area (Å²) in [5, 5.41) is 0. The molecule has 2 aromatic carbocycles. The van der Waals surface area contributed by atoms with E-state index in [0.29, 0.717) is 0 Å².